The lowest BCUT2D eigenvalue weighted by atomic mass is 9.86. The van der Waals surface area contributed by atoms with E-state index in [0.29, 0.717) is 12.2 Å². The SMILES string of the molecule is Cc1ccc2nc(-n3nc(C)c4c3NC(=O)C[C@@H]4c3ccc(O)cc3)sc2c1. The maximum atomic E-state index is 12.5. The van der Waals surface area contributed by atoms with E-state index < -0.39 is 0 Å². The average molecular weight is 390 g/mol. The zero-order valence-electron chi connectivity index (χ0n) is 15.4. The number of hydrogen-bond donors (Lipinski definition) is 2. The highest BCUT2D eigenvalue weighted by Crippen LogP contribution is 2.41. The second-order valence-corrected chi connectivity index (χ2v) is 8.13. The van der Waals surface area contributed by atoms with Crippen LogP contribution in [0.5, 0.6) is 5.75 Å². The number of anilines is 1. The summed E-state index contributed by atoms with van der Waals surface area (Å²) in [4.78, 5) is 17.2. The number of carbonyl (C=O) groups is 1. The van der Waals surface area contributed by atoms with Crippen LogP contribution in [-0.4, -0.2) is 25.8 Å². The highest BCUT2D eigenvalue weighted by Gasteiger charge is 2.33. The van der Waals surface area contributed by atoms with Crippen LogP contribution in [-0.2, 0) is 4.79 Å². The van der Waals surface area contributed by atoms with Gasteiger partial charge < -0.3 is 10.4 Å². The quantitative estimate of drug-likeness (QED) is 0.535. The molecule has 28 heavy (non-hydrogen) atoms. The Balaban J connectivity index is 1.67. The Kier molecular flexibility index (Phi) is 3.73. The van der Waals surface area contributed by atoms with E-state index in [1.54, 1.807) is 28.2 Å². The van der Waals surface area contributed by atoms with Crippen molar-refractivity contribution in [3.63, 3.8) is 0 Å². The van der Waals surface area contributed by atoms with E-state index in [1.165, 1.54) is 5.56 Å². The first kappa shape index (κ1) is 16.9. The molecule has 1 aliphatic rings. The molecule has 1 amide bonds. The van der Waals surface area contributed by atoms with Gasteiger partial charge >= 0.3 is 0 Å². The molecule has 0 saturated heterocycles. The van der Waals surface area contributed by atoms with Crippen molar-refractivity contribution in [2.45, 2.75) is 26.2 Å². The van der Waals surface area contributed by atoms with Gasteiger partial charge in [-0.15, -0.1) is 0 Å². The number of nitrogens with one attached hydrogen (secondary N) is 1. The van der Waals surface area contributed by atoms with Gasteiger partial charge in [0.15, 0.2) is 0 Å². The summed E-state index contributed by atoms with van der Waals surface area (Å²) in [6, 6.07) is 13.2. The predicted molar refractivity (Wildman–Crippen MR) is 109 cm³/mol. The van der Waals surface area contributed by atoms with Gasteiger partial charge in [0.25, 0.3) is 0 Å². The fourth-order valence-corrected chi connectivity index (χ4v) is 4.81. The number of fused-ring (bicyclic) bond motifs is 2. The Morgan fingerprint density at radius 3 is 2.75 bits per heavy atom. The summed E-state index contributed by atoms with van der Waals surface area (Å²) in [7, 11) is 0. The lowest BCUT2D eigenvalue weighted by Crippen LogP contribution is -2.24. The van der Waals surface area contributed by atoms with E-state index in [-0.39, 0.29) is 17.6 Å². The minimum Gasteiger partial charge on any atom is -0.508 e. The van der Waals surface area contributed by atoms with Gasteiger partial charge in [0.05, 0.1) is 15.9 Å². The van der Waals surface area contributed by atoms with Gasteiger partial charge in [0, 0.05) is 17.9 Å². The van der Waals surface area contributed by atoms with Crippen molar-refractivity contribution in [2.75, 3.05) is 5.32 Å². The number of aryl methyl sites for hydroxylation is 2. The van der Waals surface area contributed by atoms with E-state index in [4.69, 9.17) is 10.1 Å². The zero-order valence-corrected chi connectivity index (χ0v) is 16.2. The summed E-state index contributed by atoms with van der Waals surface area (Å²) in [6.07, 6.45) is 0.351. The second kappa shape index (κ2) is 6.17. The summed E-state index contributed by atoms with van der Waals surface area (Å²) >= 11 is 1.56. The Hall–Kier alpha value is -3.19. The van der Waals surface area contributed by atoms with Crippen LogP contribution in [0.25, 0.3) is 15.3 Å². The molecular formula is C21H18N4O2S. The van der Waals surface area contributed by atoms with Crippen LogP contribution in [0, 0.1) is 13.8 Å². The normalized spacial score (nSPS) is 16.2. The summed E-state index contributed by atoms with van der Waals surface area (Å²) < 4.78 is 2.84. The van der Waals surface area contributed by atoms with Crippen molar-refractivity contribution >= 4 is 33.3 Å². The molecule has 140 valence electrons. The van der Waals surface area contributed by atoms with Crippen LogP contribution < -0.4 is 5.32 Å². The zero-order chi connectivity index (χ0) is 19.4. The molecule has 0 unspecified atom stereocenters. The average Bonchev–Trinajstić information content (AvgIpc) is 3.22. The fraction of sp³-hybridized carbons (Fsp3) is 0.190. The second-order valence-electron chi connectivity index (χ2n) is 7.12. The lowest BCUT2D eigenvalue weighted by molar-refractivity contribution is -0.116. The van der Waals surface area contributed by atoms with Crippen molar-refractivity contribution in [1.82, 2.24) is 14.8 Å². The Morgan fingerprint density at radius 1 is 1.18 bits per heavy atom. The number of thiazole rings is 1. The molecule has 4 aromatic rings. The van der Waals surface area contributed by atoms with Crippen molar-refractivity contribution in [1.29, 1.82) is 0 Å². The van der Waals surface area contributed by atoms with Gasteiger partial charge in [-0.1, -0.05) is 29.5 Å². The lowest BCUT2D eigenvalue weighted by Gasteiger charge is -2.24. The Labute approximate surface area is 165 Å². The van der Waals surface area contributed by atoms with E-state index in [9.17, 15) is 9.90 Å². The van der Waals surface area contributed by atoms with Crippen molar-refractivity contribution in [3.8, 4) is 10.9 Å². The van der Waals surface area contributed by atoms with Gasteiger partial charge in [0.2, 0.25) is 11.0 Å². The monoisotopic (exact) mass is 390 g/mol. The minimum absolute atomic E-state index is 0.0521. The van der Waals surface area contributed by atoms with Gasteiger partial charge in [-0.2, -0.15) is 9.78 Å². The highest BCUT2D eigenvalue weighted by molar-refractivity contribution is 7.20. The molecule has 1 aliphatic heterocycles. The molecule has 0 radical (unpaired) electrons. The molecule has 0 saturated carbocycles. The Bertz CT molecular complexity index is 1220. The molecule has 0 aliphatic carbocycles. The summed E-state index contributed by atoms with van der Waals surface area (Å²) in [5, 5.41) is 18.0. The van der Waals surface area contributed by atoms with E-state index in [2.05, 4.69) is 18.3 Å². The predicted octanol–water partition coefficient (Wildman–Crippen LogP) is 4.28. The topological polar surface area (TPSA) is 80.0 Å². The van der Waals surface area contributed by atoms with Gasteiger partial charge in [-0.25, -0.2) is 4.98 Å². The van der Waals surface area contributed by atoms with E-state index in [0.717, 1.165) is 32.2 Å². The number of phenolic OH excluding ortho intramolecular Hbond substituents is 1. The number of phenols is 1. The first-order valence-corrected chi connectivity index (χ1v) is 9.87. The van der Waals surface area contributed by atoms with Gasteiger partial charge in [0.1, 0.15) is 11.6 Å². The number of aromatic nitrogens is 3. The molecule has 5 rings (SSSR count). The molecule has 2 N–H and O–H groups in total. The van der Waals surface area contributed by atoms with Crippen LogP contribution in [0.1, 0.15) is 34.7 Å². The summed E-state index contributed by atoms with van der Waals surface area (Å²) in [5.41, 5.74) is 4.95. The molecule has 7 heteroatoms. The number of rotatable bonds is 2. The number of nitrogens with zero attached hydrogens (tertiary/aromatic N) is 3. The number of hydrogen-bond acceptors (Lipinski definition) is 5. The van der Waals surface area contributed by atoms with Crippen molar-refractivity contribution < 1.29 is 9.90 Å². The maximum absolute atomic E-state index is 12.5. The maximum Gasteiger partial charge on any atom is 0.226 e. The molecule has 2 aromatic heterocycles. The highest BCUT2D eigenvalue weighted by atomic mass is 32.1. The largest absolute Gasteiger partial charge is 0.508 e. The first-order chi connectivity index (χ1) is 13.5. The molecule has 2 aromatic carbocycles. The molecule has 3 heterocycles. The van der Waals surface area contributed by atoms with E-state index >= 15 is 0 Å². The van der Waals surface area contributed by atoms with Crippen molar-refractivity contribution in [2.24, 2.45) is 0 Å². The molecule has 6 nitrogen and oxygen atoms in total. The third-order valence-electron chi connectivity index (χ3n) is 5.11. The van der Waals surface area contributed by atoms with Crippen molar-refractivity contribution in [3.05, 3.63) is 64.8 Å². The smallest absolute Gasteiger partial charge is 0.226 e. The van der Waals surface area contributed by atoms with Gasteiger partial charge in [-0.05, 0) is 49.2 Å². The van der Waals surface area contributed by atoms with Crippen LogP contribution in [0.4, 0.5) is 5.82 Å². The number of benzene rings is 2. The van der Waals surface area contributed by atoms with Crippen LogP contribution in [0.3, 0.4) is 0 Å². The summed E-state index contributed by atoms with van der Waals surface area (Å²) in [5.74, 6) is 0.738. The standard InChI is InChI=1S/C21H18N4O2S/c1-11-3-8-16-17(9-11)28-21(22-16)25-20-19(12(2)24-25)15(10-18(27)23-20)13-4-6-14(26)7-5-13/h3-9,15,26H,10H2,1-2H3,(H,23,27)/t15-/m1/s1. The van der Waals surface area contributed by atoms with Crippen LogP contribution in [0.2, 0.25) is 0 Å². The Morgan fingerprint density at radius 2 is 1.96 bits per heavy atom. The molecule has 0 bridgehead atoms. The molecular weight excluding hydrogens is 372 g/mol. The number of amides is 1. The first-order valence-electron chi connectivity index (χ1n) is 9.05. The summed E-state index contributed by atoms with van der Waals surface area (Å²) in [6.45, 7) is 4.01. The molecule has 1 atom stereocenters. The third kappa shape index (κ3) is 2.66. The van der Waals surface area contributed by atoms with Gasteiger partial charge in [-0.3, -0.25) is 4.79 Å². The fourth-order valence-electron chi connectivity index (χ4n) is 3.79. The third-order valence-corrected chi connectivity index (χ3v) is 6.11. The molecule has 0 fully saturated rings. The van der Waals surface area contributed by atoms with Crippen LogP contribution in [0.15, 0.2) is 42.5 Å². The van der Waals surface area contributed by atoms with Crippen LogP contribution >= 0.6 is 11.3 Å². The number of carbonyl (C=O) groups excluding carboxylic acids is 1. The minimum atomic E-state index is -0.102. The van der Waals surface area contributed by atoms with E-state index in [1.807, 2.05) is 31.2 Å². The number of aromatic hydroxyl groups is 1. The molecule has 0 spiro atoms.